The summed E-state index contributed by atoms with van der Waals surface area (Å²) in [5.74, 6) is 0.915. The molecule has 2 amide bonds. The molecule has 0 aromatic carbocycles. The van der Waals surface area contributed by atoms with Crippen molar-refractivity contribution in [2.24, 2.45) is 23.5 Å². The van der Waals surface area contributed by atoms with Gasteiger partial charge in [-0.05, 0) is 37.1 Å². The molecular formula is C16H33N3O2. The highest BCUT2D eigenvalue weighted by Crippen LogP contribution is 2.15. The van der Waals surface area contributed by atoms with E-state index in [-0.39, 0.29) is 17.7 Å². The van der Waals surface area contributed by atoms with Gasteiger partial charge in [0.15, 0.2) is 0 Å². The normalized spacial score (nSPS) is 14.1. The van der Waals surface area contributed by atoms with Gasteiger partial charge in [0, 0.05) is 20.5 Å². The lowest BCUT2D eigenvalue weighted by atomic mass is 9.93. The van der Waals surface area contributed by atoms with Gasteiger partial charge < -0.3 is 16.0 Å². The standard InChI is InChI=1S/C16H33N3O2/c1-11(2)7-13(10-17)9-15(20)18-14(8-12(3)4)16(21)19(5)6/h11-14H,7-10,17H2,1-6H3,(H,18,20)/t13-,14?/m0/s1. The van der Waals surface area contributed by atoms with Crippen molar-refractivity contribution in [3.05, 3.63) is 0 Å². The van der Waals surface area contributed by atoms with E-state index in [1.54, 1.807) is 14.1 Å². The van der Waals surface area contributed by atoms with Crippen molar-refractivity contribution in [3.8, 4) is 0 Å². The predicted octanol–water partition coefficient (Wildman–Crippen LogP) is 1.62. The zero-order chi connectivity index (χ0) is 16.6. The van der Waals surface area contributed by atoms with Crippen LogP contribution in [-0.2, 0) is 9.59 Å². The molecule has 0 heterocycles. The maximum atomic E-state index is 12.2. The summed E-state index contributed by atoms with van der Waals surface area (Å²) in [5.41, 5.74) is 5.73. The van der Waals surface area contributed by atoms with E-state index in [2.05, 4.69) is 19.2 Å². The first kappa shape index (κ1) is 19.9. The monoisotopic (exact) mass is 299 g/mol. The maximum Gasteiger partial charge on any atom is 0.244 e. The Morgan fingerprint density at radius 3 is 1.95 bits per heavy atom. The Hall–Kier alpha value is -1.10. The van der Waals surface area contributed by atoms with Gasteiger partial charge in [0.25, 0.3) is 0 Å². The lowest BCUT2D eigenvalue weighted by Crippen LogP contribution is -2.47. The minimum Gasteiger partial charge on any atom is -0.347 e. The van der Waals surface area contributed by atoms with E-state index in [4.69, 9.17) is 5.73 Å². The summed E-state index contributed by atoms with van der Waals surface area (Å²) in [5, 5.41) is 2.88. The number of nitrogens with zero attached hydrogens (tertiary/aromatic N) is 1. The first-order valence-electron chi connectivity index (χ1n) is 7.87. The van der Waals surface area contributed by atoms with Crippen LogP contribution >= 0.6 is 0 Å². The summed E-state index contributed by atoms with van der Waals surface area (Å²) < 4.78 is 0. The van der Waals surface area contributed by atoms with Crippen molar-refractivity contribution in [3.63, 3.8) is 0 Å². The van der Waals surface area contributed by atoms with Crippen molar-refractivity contribution in [2.45, 2.75) is 53.0 Å². The van der Waals surface area contributed by atoms with Crippen LogP contribution in [0.5, 0.6) is 0 Å². The Labute approximate surface area is 129 Å². The first-order valence-corrected chi connectivity index (χ1v) is 7.87. The average molecular weight is 299 g/mol. The van der Waals surface area contributed by atoms with Gasteiger partial charge in [-0.2, -0.15) is 0 Å². The summed E-state index contributed by atoms with van der Waals surface area (Å²) in [4.78, 5) is 25.8. The van der Waals surface area contributed by atoms with Gasteiger partial charge in [0.05, 0.1) is 0 Å². The lowest BCUT2D eigenvalue weighted by Gasteiger charge is -2.24. The third kappa shape index (κ3) is 8.71. The van der Waals surface area contributed by atoms with Gasteiger partial charge >= 0.3 is 0 Å². The van der Waals surface area contributed by atoms with E-state index in [0.717, 1.165) is 6.42 Å². The molecule has 0 aliphatic heterocycles. The van der Waals surface area contributed by atoms with Crippen LogP contribution in [0.25, 0.3) is 0 Å². The van der Waals surface area contributed by atoms with Crippen LogP contribution in [0.4, 0.5) is 0 Å². The fourth-order valence-electron chi connectivity index (χ4n) is 2.45. The van der Waals surface area contributed by atoms with Gasteiger partial charge in [0.2, 0.25) is 11.8 Å². The average Bonchev–Trinajstić information content (AvgIpc) is 2.34. The molecule has 0 radical (unpaired) electrons. The van der Waals surface area contributed by atoms with E-state index in [1.807, 2.05) is 13.8 Å². The molecule has 0 spiro atoms. The largest absolute Gasteiger partial charge is 0.347 e. The number of hydrogen-bond donors (Lipinski definition) is 2. The number of carbonyl (C=O) groups is 2. The van der Waals surface area contributed by atoms with Crippen LogP contribution in [0.2, 0.25) is 0 Å². The minimum atomic E-state index is -0.440. The number of rotatable bonds is 9. The third-order valence-electron chi connectivity index (χ3n) is 3.39. The lowest BCUT2D eigenvalue weighted by molar-refractivity contribution is -0.135. The number of hydrogen-bond acceptors (Lipinski definition) is 3. The molecule has 1 unspecified atom stereocenters. The van der Waals surface area contributed by atoms with Gasteiger partial charge in [-0.15, -0.1) is 0 Å². The highest BCUT2D eigenvalue weighted by Gasteiger charge is 2.24. The molecule has 0 saturated carbocycles. The highest BCUT2D eigenvalue weighted by molar-refractivity contribution is 5.87. The van der Waals surface area contributed by atoms with E-state index < -0.39 is 6.04 Å². The molecule has 0 rings (SSSR count). The molecule has 124 valence electrons. The topological polar surface area (TPSA) is 75.4 Å². The van der Waals surface area contributed by atoms with Crippen molar-refractivity contribution < 1.29 is 9.59 Å². The molecule has 5 nitrogen and oxygen atoms in total. The number of nitrogens with one attached hydrogen (secondary N) is 1. The molecular weight excluding hydrogens is 266 g/mol. The number of nitrogens with two attached hydrogens (primary N) is 1. The molecule has 0 aromatic rings. The summed E-state index contributed by atoms with van der Waals surface area (Å²) in [7, 11) is 3.42. The Bertz CT molecular complexity index is 327. The van der Waals surface area contributed by atoms with Crippen LogP contribution in [0, 0.1) is 17.8 Å². The number of likely N-dealkylation sites (N-methyl/N-ethyl adjacent to an activating group) is 1. The summed E-state index contributed by atoms with van der Waals surface area (Å²) in [6.07, 6.45) is 1.98. The Morgan fingerprint density at radius 2 is 1.57 bits per heavy atom. The molecule has 0 aliphatic carbocycles. The van der Waals surface area contributed by atoms with Crippen LogP contribution in [0.1, 0.15) is 47.0 Å². The highest BCUT2D eigenvalue weighted by atomic mass is 16.2. The molecule has 2 atom stereocenters. The van der Waals surface area contributed by atoms with Crippen LogP contribution in [-0.4, -0.2) is 43.4 Å². The zero-order valence-electron chi connectivity index (χ0n) is 14.5. The van der Waals surface area contributed by atoms with Crippen LogP contribution in [0.15, 0.2) is 0 Å². The van der Waals surface area contributed by atoms with Gasteiger partial charge in [0.1, 0.15) is 6.04 Å². The number of carbonyl (C=O) groups excluding carboxylic acids is 2. The molecule has 0 saturated heterocycles. The maximum absolute atomic E-state index is 12.2. The Morgan fingerprint density at radius 1 is 1.05 bits per heavy atom. The molecule has 3 N–H and O–H groups in total. The third-order valence-corrected chi connectivity index (χ3v) is 3.39. The van der Waals surface area contributed by atoms with Crippen molar-refractivity contribution in [2.75, 3.05) is 20.6 Å². The van der Waals surface area contributed by atoms with E-state index >= 15 is 0 Å². The SMILES string of the molecule is CC(C)CC(NC(=O)C[C@@H](CN)CC(C)C)C(=O)N(C)C. The Kier molecular flexibility index (Phi) is 9.26. The molecule has 0 aromatic heterocycles. The van der Waals surface area contributed by atoms with Gasteiger partial charge in [-0.3, -0.25) is 9.59 Å². The van der Waals surface area contributed by atoms with Crippen molar-refractivity contribution >= 4 is 11.8 Å². The van der Waals surface area contributed by atoms with Crippen LogP contribution in [0.3, 0.4) is 0 Å². The second kappa shape index (κ2) is 9.77. The minimum absolute atomic E-state index is 0.0507. The predicted molar refractivity (Wildman–Crippen MR) is 86.7 cm³/mol. The smallest absolute Gasteiger partial charge is 0.244 e. The second-order valence-corrected chi connectivity index (χ2v) is 6.92. The molecule has 0 fully saturated rings. The summed E-state index contributed by atoms with van der Waals surface area (Å²) >= 11 is 0. The van der Waals surface area contributed by atoms with E-state index in [0.29, 0.717) is 31.2 Å². The summed E-state index contributed by atoms with van der Waals surface area (Å²) in [6.45, 7) is 8.84. The van der Waals surface area contributed by atoms with E-state index in [1.165, 1.54) is 4.90 Å². The Balaban J connectivity index is 4.61. The van der Waals surface area contributed by atoms with Crippen molar-refractivity contribution in [1.29, 1.82) is 0 Å². The molecule has 5 heteroatoms. The second-order valence-electron chi connectivity index (χ2n) is 6.92. The molecule has 0 aliphatic rings. The zero-order valence-corrected chi connectivity index (χ0v) is 14.5. The van der Waals surface area contributed by atoms with Gasteiger partial charge in [-0.25, -0.2) is 0 Å². The fraction of sp³-hybridized carbons (Fsp3) is 0.875. The van der Waals surface area contributed by atoms with Crippen LogP contribution < -0.4 is 11.1 Å². The van der Waals surface area contributed by atoms with Gasteiger partial charge in [-0.1, -0.05) is 27.7 Å². The fourth-order valence-corrected chi connectivity index (χ4v) is 2.45. The summed E-state index contributed by atoms with van der Waals surface area (Å²) in [6, 6.07) is -0.440. The molecule has 0 bridgehead atoms. The number of amides is 2. The quantitative estimate of drug-likeness (QED) is 0.679. The van der Waals surface area contributed by atoms with Crippen molar-refractivity contribution in [1.82, 2.24) is 10.2 Å². The molecule has 21 heavy (non-hydrogen) atoms. The first-order chi connectivity index (χ1) is 9.67. The van der Waals surface area contributed by atoms with E-state index in [9.17, 15) is 9.59 Å².